The van der Waals surface area contributed by atoms with Crippen molar-refractivity contribution in [1.29, 1.82) is 0 Å². The summed E-state index contributed by atoms with van der Waals surface area (Å²) < 4.78 is 0. The van der Waals surface area contributed by atoms with E-state index < -0.39 is 0 Å². The van der Waals surface area contributed by atoms with Gasteiger partial charge in [-0.2, -0.15) is 0 Å². The summed E-state index contributed by atoms with van der Waals surface area (Å²) >= 11 is 0. The molecule has 2 rings (SSSR count). The maximum absolute atomic E-state index is 11.2. The minimum absolute atomic E-state index is 0.418. The highest BCUT2D eigenvalue weighted by atomic mass is 16.1. The quantitative estimate of drug-likeness (QED) is 0.775. The van der Waals surface area contributed by atoms with E-state index in [9.17, 15) is 4.79 Å². The highest BCUT2D eigenvalue weighted by Crippen LogP contribution is 2.21. The molecule has 0 bridgehead atoms. The van der Waals surface area contributed by atoms with Crippen molar-refractivity contribution in [1.82, 2.24) is 4.90 Å². The van der Waals surface area contributed by atoms with Gasteiger partial charge in [-0.3, -0.25) is 9.69 Å². The summed E-state index contributed by atoms with van der Waals surface area (Å²) in [5.74, 6) is 0.418. The van der Waals surface area contributed by atoms with Crippen LogP contribution in [0, 0.1) is 6.92 Å². The van der Waals surface area contributed by atoms with Gasteiger partial charge in [-0.05, 0) is 26.0 Å². The fourth-order valence-corrected chi connectivity index (χ4v) is 2.40. The summed E-state index contributed by atoms with van der Waals surface area (Å²) in [6.07, 6.45) is 2.53. The monoisotopic (exact) mass is 217 g/mol. The Hall–Kier alpha value is -1.15. The van der Waals surface area contributed by atoms with Crippen molar-refractivity contribution < 1.29 is 4.79 Å². The molecule has 2 heteroatoms. The van der Waals surface area contributed by atoms with Gasteiger partial charge in [0.15, 0.2) is 0 Å². The Bertz CT molecular complexity index is 386. The van der Waals surface area contributed by atoms with Crippen molar-refractivity contribution in [2.75, 3.05) is 7.05 Å². The first-order valence-electron chi connectivity index (χ1n) is 5.92. The zero-order chi connectivity index (χ0) is 11.5. The van der Waals surface area contributed by atoms with Gasteiger partial charge in [-0.1, -0.05) is 29.8 Å². The number of aryl methyl sites for hydroxylation is 1. The lowest BCUT2D eigenvalue weighted by Gasteiger charge is -2.23. The molecule has 1 atom stereocenters. The van der Waals surface area contributed by atoms with E-state index in [1.54, 1.807) is 0 Å². The third kappa shape index (κ3) is 2.70. The Kier molecular flexibility index (Phi) is 3.39. The highest BCUT2D eigenvalue weighted by Gasteiger charge is 2.25. The van der Waals surface area contributed by atoms with Crippen LogP contribution in [0.15, 0.2) is 24.3 Å². The molecule has 0 aliphatic heterocycles. The minimum Gasteiger partial charge on any atom is -0.300 e. The van der Waals surface area contributed by atoms with Crippen molar-refractivity contribution >= 4 is 5.78 Å². The first-order valence-corrected chi connectivity index (χ1v) is 5.92. The molecule has 0 amide bonds. The summed E-state index contributed by atoms with van der Waals surface area (Å²) in [6, 6.07) is 9.03. The van der Waals surface area contributed by atoms with Gasteiger partial charge >= 0.3 is 0 Å². The average molecular weight is 217 g/mol. The van der Waals surface area contributed by atoms with Crippen LogP contribution in [0.25, 0.3) is 0 Å². The molecular weight excluding hydrogens is 198 g/mol. The van der Waals surface area contributed by atoms with Crippen molar-refractivity contribution in [3.8, 4) is 0 Å². The van der Waals surface area contributed by atoms with E-state index in [2.05, 4.69) is 43.1 Å². The molecule has 0 aromatic heterocycles. The van der Waals surface area contributed by atoms with Crippen LogP contribution in [0.1, 0.15) is 30.4 Å². The van der Waals surface area contributed by atoms with E-state index in [0.717, 1.165) is 25.8 Å². The van der Waals surface area contributed by atoms with E-state index in [-0.39, 0.29) is 0 Å². The van der Waals surface area contributed by atoms with Crippen LogP contribution in [0.4, 0.5) is 0 Å². The molecule has 1 aliphatic rings. The molecule has 2 nitrogen and oxygen atoms in total. The largest absolute Gasteiger partial charge is 0.300 e. The predicted octanol–water partition coefficient (Wildman–Crippen LogP) is 2.55. The molecule has 0 saturated heterocycles. The third-order valence-electron chi connectivity index (χ3n) is 3.36. The molecule has 0 spiro atoms. The maximum Gasteiger partial charge on any atom is 0.134 e. The molecule has 1 aromatic rings. The Balaban J connectivity index is 1.96. The number of Topliss-reactive ketones (excluding diaryl/α,β-unsaturated/α-hetero) is 1. The highest BCUT2D eigenvalue weighted by molar-refractivity contribution is 5.81. The Morgan fingerprint density at radius 1 is 1.44 bits per heavy atom. The summed E-state index contributed by atoms with van der Waals surface area (Å²) in [4.78, 5) is 13.5. The molecule has 1 aromatic carbocycles. The number of rotatable bonds is 3. The predicted molar refractivity (Wildman–Crippen MR) is 65.3 cm³/mol. The van der Waals surface area contributed by atoms with Gasteiger partial charge < -0.3 is 0 Å². The second kappa shape index (κ2) is 4.79. The molecule has 1 saturated carbocycles. The number of carbonyl (C=O) groups is 1. The number of ketones is 1. The van der Waals surface area contributed by atoms with Crippen molar-refractivity contribution in [2.45, 2.75) is 38.8 Å². The number of nitrogens with zero attached hydrogens (tertiary/aromatic N) is 1. The van der Waals surface area contributed by atoms with E-state index in [1.165, 1.54) is 11.1 Å². The van der Waals surface area contributed by atoms with Crippen LogP contribution in [0.5, 0.6) is 0 Å². The van der Waals surface area contributed by atoms with Crippen LogP contribution < -0.4 is 0 Å². The third-order valence-corrected chi connectivity index (χ3v) is 3.36. The number of hydrogen-bond donors (Lipinski definition) is 0. The Morgan fingerprint density at radius 2 is 2.25 bits per heavy atom. The fraction of sp³-hybridized carbons (Fsp3) is 0.500. The first-order chi connectivity index (χ1) is 7.65. The van der Waals surface area contributed by atoms with Crippen molar-refractivity contribution in [2.24, 2.45) is 0 Å². The molecule has 86 valence electrons. The summed E-state index contributed by atoms with van der Waals surface area (Å²) in [5.41, 5.74) is 2.63. The molecule has 1 unspecified atom stereocenters. The van der Waals surface area contributed by atoms with Gasteiger partial charge in [0.1, 0.15) is 5.78 Å². The normalized spacial score (nSPS) is 20.7. The van der Waals surface area contributed by atoms with Gasteiger partial charge in [0, 0.05) is 25.4 Å². The van der Waals surface area contributed by atoms with Gasteiger partial charge in [0.2, 0.25) is 0 Å². The summed E-state index contributed by atoms with van der Waals surface area (Å²) in [7, 11) is 2.12. The van der Waals surface area contributed by atoms with E-state index in [4.69, 9.17) is 0 Å². The fourth-order valence-electron chi connectivity index (χ4n) is 2.40. The second-order valence-corrected chi connectivity index (χ2v) is 4.84. The van der Waals surface area contributed by atoms with Crippen molar-refractivity contribution in [3.05, 3.63) is 35.4 Å². The smallest absolute Gasteiger partial charge is 0.134 e. The number of benzene rings is 1. The van der Waals surface area contributed by atoms with E-state index >= 15 is 0 Å². The minimum atomic E-state index is 0.418. The summed E-state index contributed by atoms with van der Waals surface area (Å²) in [5, 5.41) is 0. The molecule has 1 fully saturated rings. The topological polar surface area (TPSA) is 20.3 Å². The lowest BCUT2D eigenvalue weighted by atomic mass is 10.1. The molecule has 16 heavy (non-hydrogen) atoms. The average Bonchev–Trinajstić information content (AvgIpc) is 2.65. The molecule has 0 heterocycles. The van der Waals surface area contributed by atoms with Crippen LogP contribution in [-0.2, 0) is 11.3 Å². The molecule has 0 N–H and O–H groups in total. The Morgan fingerprint density at radius 3 is 2.88 bits per heavy atom. The summed E-state index contributed by atoms with van der Waals surface area (Å²) in [6.45, 7) is 3.06. The van der Waals surface area contributed by atoms with E-state index in [1.807, 2.05) is 0 Å². The molecule has 0 radical (unpaired) electrons. The van der Waals surface area contributed by atoms with Crippen LogP contribution in [-0.4, -0.2) is 23.8 Å². The first kappa shape index (κ1) is 11.3. The molecular formula is C14H19NO. The van der Waals surface area contributed by atoms with Crippen LogP contribution >= 0.6 is 0 Å². The number of hydrogen-bond acceptors (Lipinski definition) is 2. The lowest BCUT2D eigenvalue weighted by Crippen LogP contribution is -2.29. The van der Waals surface area contributed by atoms with Gasteiger partial charge in [0.05, 0.1) is 0 Å². The molecule has 1 aliphatic carbocycles. The van der Waals surface area contributed by atoms with Gasteiger partial charge in [-0.25, -0.2) is 0 Å². The van der Waals surface area contributed by atoms with Gasteiger partial charge in [0.25, 0.3) is 0 Å². The van der Waals surface area contributed by atoms with E-state index in [0.29, 0.717) is 11.8 Å². The zero-order valence-corrected chi connectivity index (χ0v) is 10.1. The maximum atomic E-state index is 11.2. The van der Waals surface area contributed by atoms with Gasteiger partial charge in [-0.15, -0.1) is 0 Å². The second-order valence-electron chi connectivity index (χ2n) is 4.84. The zero-order valence-electron chi connectivity index (χ0n) is 10.1. The lowest BCUT2D eigenvalue weighted by molar-refractivity contribution is -0.117. The Labute approximate surface area is 97.3 Å². The number of carbonyl (C=O) groups excluding carboxylic acids is 1. The SMILES string of the molecule is Cc1cccc(CN(C)C2CCC(=O)C2)c1. The van der Waals surface area contributed by atoms with Crippen LogP contribution in [0.3, 0.4) is 0 Å². The van der Waals surface area contributed by atoms with Crippen molar-refractivity contribution in [3.63, 3.8) is 0 Å². The standard InChI is InChI=1S/C14H19NO/c1-11-4-3-5-12(8-11)10-15(2)13-6-7-14(16)9-13/h3-5,8,13H,6-7,9-10H2,1-2H3. The van der Waals surface area contributed by atoms with Crippen LogP contribution in [0.2, 0.25) is 0 Å².